The lowest BCUT2D eigenvalue weighted by Gasteiger charge is -1.93. The van der Waals surface area contributed by atoms with E-state index in [0.29, 0.717) is 0 Å². The average molecular weight is 270 g/mol. The predicted octanol–water partition coefficient (Wildman–Crippen LogP) is 3.43. The molecule has 0 atom stereocenters. The topological polar surface area (TPSA) is 12.0 Å². The molecule has 1 heterocycles. The summed E-state index contributed by atoms with van der Waals surface area (Å²) in [5.74, 6) is 0. The van der Waals surface area contributed by atoms with Crippen molar-refractivity contribution < 1.29 is 0 Å². The molecule has 0 radical (unpaired) electrons. The molecular formula is C11H12BrNS. The molecule has 2 rings (SSSR count). The number of fused-ring (bicyclic) bond motifs is 1. The van der Waals surface area contributed by atoms with Gasteiger partial charge in [0.05, 0.1) is 0 Å². The Balaban J connectivity index is 2.36. The largest absolute Gasteiger partial charge is 0.319 e. The van der Waals surface area contributed by atoms with E-state index in [1.807, 2.05) is 18.4 Å². The molecule has 0 saturated carbocycles. The molecule has 1 aromatic heterocycles. The van der Waals surface area contributed by atoms with Crippen molar-refractivity contribution in [3.05, 3.63) is 33.6 Å². The Hall–Kier alpha value is -0.380. The molecule has 1 aromatic carbocycles. The van der Waals surface area contributed by atoms with Gasteiger partial charge in [-0.2, -0.15) is 0 Å². The Bertz CT molecular complexity index is 436. The summed E-state index contributed by atoms with van der Waals surface area (Å²) in [6.45, 7) is 1.05. The van der Waals surface area contributed by atoms with Crippen LogP contribution in [0.15, 0.2) is 28.7 Å². The Kier molecular flexibility index (Phi) is 3.21. The van der Waals surface area contributed by atoms with Gasteiger partial charge in [0.2, 0.25) is 0 Å². The molecule has 1 N–H and O–H groups in total. The number of hydrogen-bond donors (Lipinski definition) is 1. The number of benzene rings is 1. The van der Waals surface area contributed by atoms with Gasteiger partial charge in [0, 0.05) is 19.4 Å². The lowest BCUT2D eigenvalue weighted by Crippen LogP contribution is -2.09. The number of thiophene rings is 1. The first-order chi connectivity index (χ1) is 6.81. The third-order valence-electron chi connectivity index (χ3n) is 2.18. The summed E-state index contributed by atoms with van der Waals surface area (Å²) in [6, 6.07) is 8.64. The number of hydrogen-bond acceptors (Lipinski definition) is 2. The van der Waals surface area contributed by atoms with Crippen molar-refractivity contribution >= 4 is 37.4 Å². The minimum absolute atomic E-state index is 1.05. The van der Waals surface area contributed by atoms with E-state index in [4.69, 9.17) is 0 Å². The van der Waals surface area contributed by atoms with Gasteiger partial charge >= 0.3 is 0 Å². The molecule has 0 saturated heterocycles. The standard InChI is InChI=1S/C11H12BrNS/c1-13-6-5-8-7-9-10(12)3-2-4-11(9)14-8/h2-4,7,13H,5-6H2,1H3. The van der Waals surface area contributed by atoms with E-state index in [-0.39, 0.29) is 0 Å². The molecule has 0 unspecified atom stereocenters. The van der Waals surface area contributed by atoms with E-state index < -0.39 is 0 Å². The second-order valence-corrected chi connectivity index (χ2v) is 5.24. The maximum Gasteiger partial charge on any atom is 0.0357 e. The van der Waals surface area contributed by atoms with Gasteiger partial charge in [0.25, 0.3) is 0 Å². The molecule has 0 bridgehead atoms. The highest BCUT2D eigenvalue weighted by Crippen LogP contribution is 2.31. The second-order valence-electron chi connectivity index (χ2n) is 3.22. The highest BCUT2D eigenvalue weighted by atomic mass is 79.9. The second kappa shape index (κ2) is 4.43. The highest BCUT2D eigenvalue weighted by molar-refractivity contribution is 9.10. The Morgan fingerprint density at radius 1 is 1.43 bits per heavy atom. The summed E-state index contributed by atoms with van der Waals surface area (Å²) in [6.07, 6.45) is 1.11. The van der Waals surface area contributed by atoms with E-state index >= 15 is 0 Å². The van der Waals surface area contributed by atoms with Crippen LogP contribution in [0.25, 0.3) is 10.1 Å². The van der Waals surface area contributed by atoms with Crippen LogP contribution in [0.2, 0.25) is 0 Å². The molecule has 0 amide bonds. The quantitative estimate of drug-likeness (QED) is 0.901. The van der Waals surface area contributed by atoms with Crippen LogP contribution in [0, 0.1) is 0 Å². The summed E-state index contributed by atoms with van der Waals surface area (Å²) in [4.78, 5) is 1.45. The van der Waals surface area contributed by atoms with E-state index in [9.17, 15) is 0 Å². The maximum atomic E-state index is 3.57. The lowest BCUT2D eigenvalue weighted by molar-refractivity contribution is 0.799. The molecule has 0 spiro atoms. The fraction of sp³-hybridized carbons (Fsp3) is 0.273. The fourth-order valence-electron chi connectivity index (χ4n) is 1.45. The van der Waals surface area contributed by atoms with E-state index in [1.54, 1.807) is 0 Å². The lowest BCUT2D eigenvalue weighted by atomic mass is 10.2. The van der Waals surface area contributed by atoms with Gasteiger partial charge in [-0.1, -0.05) is 22.0 Å². The van der Waals surface area contributed by atoms with Gasteiger partial charge in [-0.25, -0.2) is 0 Å². The van der Waals surface area contributed by atoms with Crippen LogP contribution in [0.1, 0.15) is 4.88 Å². The molecule has 3 heteroatoms. The summed E-state index contributed by atoms with van der Waals surface area (Å²) >= 11 is 5.45. The van der Waals surface area contributed by atoms with Crippen LogP contribution < -0.4 is 5.32 Å². The van der Waals surface area contributed by atoms with Gasteiger partial charge in [-0.05, 0) is 38.2 Å². The first-order valence-electron chi connectivity index (χ1n) is 4.63. The van der Waals surface area contributed by atoms with E-state index in [1.165, 1.54) is 19.4 Å². The average Bonchev–Trinajstić information content (AvgIpc) is 2.59. The highest BCUT2D eigenvalue weighted by Gasteiger charge is 2.03. The summed E-state index contributed by atoms with van der Waals surface area (Å²) in [5.41, 5.74) is 0. The summed E-state index contributed by atoms with van der Waals surface area (Å²) in [7, 11) is 1.99. The minimum atomic E-state index is 1.05. The van der Waals surface area contributed by atoms with Gasteiger partial charge in [0.1, 0.15) is 0 Å². The van der Waals surface area contributed by atoms with Crippen molar-refractivity contribution in [1.29, 1.82) is 0 Å². The first-order valence-corrected chi connectivity index (χ1v) is 6.24. The van der Waals surface area contributed by atoms with Crippen molar-refractivity contribution in [2.24, 2.45) is 0 Å². The van der Waals surface area contributed by atoms with Crippen LogP contribution >= 0.6 is 27.3 Å². The molecule has 14 heavy (non-hydrogen) atoms. The summed E-state index contributed by atoms with van der Waals surface area (Å²) in [5, 5.41) is 4.51. The van der Waals surface area contributed by atoms with Crippen LogP contribution in [-0.2, 0) is 6.42 Å². The van der Waals surface area contributed by atoms with Crippen molar-refractivity contribution in [3.63, 3.8) is 0 Å². The molecule has 0 fully saturated rings. The minimum Gasteiger partial charge on any atom is -0.319 e. The van der Waals surface area contributed by atoms with Gasteiger partial charge in [-0.15, -0.1) is 11.3 Å². The smallest absolute Gasteiger partial charge is 0.0357 e. The third kappa shape index (κ3) is 2.00. The van der Waals surface area contributed by atoms with Crippen LogP contribution in [0.5, 0.6) is 0 Å². The predicted molar refractivity (Wildman–Crippen MR) is 67.2 cm³/mol. The fourth-order valence-corrected chi connectivity index (χ4v) is 3.15. The van der Waals surface area contributed by atoms with Gasteiger partial charge < -0.3 is 5.32 Å². The number of rotatable bonds is 3. The van der Waals surface area contributed by atoms with Crippen LogP contribution in [0.4, 0.5) is 0 Å². The van der Waals surface area contributed by atoms with Crippen LogP contribution in [-0.4, -0.2) is 13.6 Å². The zero-order valence-corrected chi connectivity index (χ0v) is 10.4. The normalized spacial score (nSPS) is 11.0. The first kappa shape index (κ1) is 10.1. The number of likely N-dealkylation sites (N-methyl/N-ethyl adjacent to an activating group) is 1. The Morgan fingerprint density at radius 3 is 3.00 bits per heavy atom. The van der Waals surface area contributed by atoms with Crippen molar-refractivity contribution in [2.75, 3.05) is 13.6 Å². The van der Waals surface area contributed by atoms with Gasteiger partial charge in [-0.3, -0.25) is 0 Å². The number of halogens is 1. The maximum absolute atomic E-state index is 3.57. The van der Waals surface area contributed by atoms with E-state index in [0.717, 1.165) is 13.0 Å². The molecule has 2 aromatic rings. The van der Waals surface area contributed by atoms with E-state index in [2.05, 4.69) is 45.5 Å². The van der Waals surface area contributed by atoms with Gasteiger partial charge in [0.15, 0.2) is 0 Å². The molecule has 1 nitrogen and oxygen atoms in total. The van der Waals surface area contributed by atoms with Crippen molar-refractivity contribution in [2.45, 2.75) is 6.42 Å². The van der Waals surface area contributed by atoms with Crippen LogP contribution in [0.3, 0.4) is 0 Å². The molecule has 74 valence electrons. The molecular weight excluding hydrogens is 258 g/mol. The van der Waals surface area contributed by atoms with Crippen molar-refractivity contribution in [1.82, 2.24) is 5.32 Å². The summed E-state index contributed by atoms with van der Waals surface area (Å²) < 4.78 is 2.56. The monoisotopic (exact) mass is 269 g/mol. The Morgan fingerprint density at radius 2 is 2.29 bits per heavy atom. The zero-order chi connectivity index (χ0) is 9.97. The third-order valence-corrected chi connectivity index (χ3v) is 4.03. The Labute approximate surface area is 96.3 Å². The number of nitrogens with one attached hydrogen (secondary N) is 1. The zero-order valence-electron chi connectivity index (χ0n) is 8.01. The molecule has 0 aliphatic rings. The van der Waals surface area contributed by atoms with Crippen molar-refractivity contribution in [3.8, 4) is 0 Å². The molecule has 0 aliphatic carbocycles. The molecule has 0 aliphatic heterocycles. The SMILES string of the molecule is CNCCc1cc2c(Br)cccc2s1.